The summed E-state index contributed by atoms with van der Waals surface area (Å²) in [4.78, 5) is 13.4. The Morgan fingerprint density at radius 3 is 3.00 bits per heavy atom. The van der Waals surface area contributed by atoms with Crippen LogP contribution in [0.2, 0.25) is 0 Å². The number of amides is 1. The number of hydrogen-bond donors (Lipinski definition) is 0. The predicted octanol–water partition coefficient (Wildman–Crippen LogP) is 1.16. The smallest absolute Gasteiger partial charge is 0.249 e. The maximum absolute atomic E-state index is 11.5. The third kappa shape index (κ3) is 1.10. The van der Waals surface area contributed by atoms with Crippen LogP contribution in [0.15, 0.2) is 12.2 Å². The largest absolute Gasteiger partial charge is 0.350 e. The Morgan fingerprint density at radius 2 is 2.38 bits per heavy atom. The maximum Gasteiger partial charge on any atom is 0.249 e. The second-order valence-electron chi connectivity index (χ2n) is 4.22. The minimum absolute atomic E-state index is 0.0821. The second kappa shape index (κ2) is 2.58. The van der Waals surface area contributed by atoms with Gasteiger partial charge in [-0.05, 0) is 18.9 Å². The fourth-order valence-corrected chi connectivity index (χ4v) is 2.03. The molecule has 2 atom stereocenters. The van der Waals surface area contributed by atoms with Crippen LogP contribution < -0.4 is 0 Å². The average molecular weight is 181 g/mol. The summed E-state index contributed by atoms with van der Waals surface area (Å²) in [7, 11) is 0. The molecule has 2 heterocycles. The first kappa shape index (κ1) is 8.75. The van der Waals surface area contributed by atoms with E-state index in [0.717, 1.165) is 0 Å². The molecule has 2 aliphatic heterocycles. The standard InChI is InChI=1S/C10H15NO2/c1-7(2)8-6-13-10(3)5-4-9(12)11(8)10/h4-5,7-8H,6H2,1-3H3/t8-,10-/m1/s1. The van der Waals surface area contributed by atoms with Gasteiger partial charge in [0.25, 0.3) is 0 Å². The van der Waals surface area contributed by atoms with E-state index < -0.39 is 5.72 Å². The van der Waals surface area contributed by atoms with E-state index in [2.05, 4.69) is 13.8 Å². The molecule has 1 saturated heterocycles. The van der Waals surface area contributed by atoms with Crippen LogP contribution in [-0.2, 0) is 9.53 Å². The molecule has 0 aromatic rings. The van der Waals surface area contributed by atoms with Crippen molar-refractivity contribution < 1.29 is 9.53 Å². The molecule has 72 valence electrons. The molecule has 0 unspecified atom stereocenters. The van der Waals surface area contributed by atoms with Crippen LogP contribution in [0.25, 0.3) is 0 Å². The van der Waals surface area contributed by atoms with E-state index in [4.69, 9.17) is 4.74 Å². The lowest BCUT2D eigenvalue weighted by Crippen LogP contribution is -2.45. The fraction of sp³-hybridized carbons (Fsp3) is 0.700. The zero-order valence-corrected chi connectivity index (χ0v) is 8.28. The quantitative estimate of drug-likeness (QED) is 0.607. The van der Waals surface area contributed by atoms with E-state index in [1.54, 1.807) is 6.08 Å². The van der Waals surface area contributed by atoms with Crippen LogP contribution >= 0.6 is 0 Å². The van der Waals surface area contributed by atoms with Gasteiger partial charge in [0.15, 0.2) is 5.72 Å². The minimum Gasteiger partial charge on any atom is -0.350 e. The molecule has 3 nitrogen and oxygen atoms in total. The van der Waals surface area contributed by atoms with Crippen LogP contribution in [0.5, 0.6) is 0 Å². The van der Waals surface area contributed by atoms with Crippen molar-refractivity contribution in [3.63, 3.8) is 0 Å². The molecular formula is C10H15NO2. The molecule has 13 heavy (non-hydrogen) atoms. The van der Waals surface area contributed by atoms with Crippen LogP contribution in [0.4, 0.5) is 0 Å². The van der Waals surface area contributed by atoms with Gasteiger partial charge < -0.3 is 9.64 Å². The first-order valence-corrected chi connectivity index (χ1v) is 4.71. The fourth-order valence-electron chi connectivity index (χ4n) is 2.03. The third-order valence-corrected chi connectivity index (χ3v) is 2.90. The zero-order valence-electron chi connectivity index (χ0n) is 8.28. The minimum atomic E-state index is -0.466. The molecule has 0 radical (unpaired) electrons. The number of rotatable bonds is 1. The molecule has 0 bridgehead atoms. The summed E-state index contributed by atoms with van der Waals surface area (Å²) in [5.41, 5.74) is -0.466. The van der Waals surface area contributed by atoms with Crippen molar-refractivity contribution in [3.05, 3.63) is 12.2 Å². The lowest BCUT2D eigenvalue weighted by molar-refractivity contribution is -0.134. The number of carbonyl (C=O) groups excluding carboxylic acids is 1. The summed E-state index contributed by atoms with van der Waals surface area (Å²) in [5.74, 6) is 0.532. The number of nitrogens with zero attached hydrogens (tertiary/aromatic N) is 1. The van der Waals surface area contributed by atoms with Crippen molar-refractivity contribution in [2.75, 3.05) is 6.61 Å². The second-order valence-corrected chi connectivity index (χ2v) is 4.22. The molecule has 2 rings (SSSR count). The number of ether oxygens (including phenoxy) is 1. The molecule has 0 aliphatic carbocycles. The normalized spacial score (nSPS) is 37.7. The van der Waals surface area contributed by atoms with Crippen molar-refractivity contribution in [2.24, 2.45) is 5.92 Å². The highest BCUT2D eigenvalue weighted by atomic mass is 16.5. The summed E-state index contributed by atoms with van der Waals surface area (Å²) < 4.78 is 5.63. The molecule has 1 amide bonds. The predicted molar refractivity (Wildman–Crippen MR) is 49.0 cm³/mol. The zero-order chi connectivity index (χ0) is 9.64. The summed E-state index contributed by atoms with van der Waals surface area (Å²) >= 11 is 0. The Hall–Kier alpha value is -0.830. The topological polar surface area (TPSA) is 29.5 Å². The van der Waals surface area contributed by atoms with Gasteiger partial charge in [0.1, 0.15) is 0 Å². The number of carbonyl (C=O) groups is 1. The molecule has 0 saturated carbocycles. The molecule has 0 N–H and O–H groups in total. The Kier molecular flexibility index (Phi) is 1.74. The summed E-state index contributed by atoms with van der Waals surface area (Å²) in [6.07, 6.45) is 3.45. The monoisotopic (exact) mass is 181 g/mol. The van der Waals surface area contributed by atoms with Gasteiger partial charge in [0.2, 0.25) is 5.91 Å². The van der Waals surface area contributed by atoms with E-state index in [9.17, 15) is 4.79 Å². The van der Waals surface area contributed by atoms with Gasteiger partial charge in [0, 0.05) is 6.08 Å². The third-order valence-electron chi connectivity index (χ3n) is 2.90. The Morgan fingerprint density at radius 1 is 1.69 bits per heavy atom. The first-order chi connectivity index (χ1) is 6.04. The lowest BCUT2D eigenvalue weighted by atomic mass is 10.0. The molecule has 0 aromatic heterocycles. The highest BCUT2D eigenvalue weighted by Gasteiger charge is 2.48. The van der Waals surface area contributed by atoms with Gasteiger partial charge in [0.05, 0.1) is 12.6 Å². The molecular weight excluding hydrogens is 166 g/mol. The Labute approximate surface area is 78.4 Å². The summed E-state index contributed by atoms with van der Waals surface area (Å²) in [6.45, 7) is 6.83. The summed E-state index contributed by atoms with van der Waals surface area (Å²) in [6, 6.07) is 0.229. The van der Waals surface area contributed by atoms with E-state index in [1.807, 2.05) is 17.9 Å². The lowest BCUT2D eigenvalue weighted by Gasteiger charge is -2.30. The molecule has 3 heteroatoms. The molecule has 1 fully saturated rings. The molecule has 0 spiro atoms. The SMILES string of the molecule is CC(C)[C@H]1CO[C@]2(C)C=CC(=O)N12. The van der Waals surface area contributed by atoms with Gasteiger partial charge in [-0.15, -0.1) is 0 Å². The van der Waals surface area contributed by atoms with Crippen molar-refractivity contribution in [2.45, 2.75) is 32.5 Å². The Bertz CT molecular complexity index is 272. The van der Waals surface area contributed by atoms with Gasteiger partial charge in [-0.2, -0.15) is 0 Å². The van der Waals surface area contributed by atoms with Gasteiger partial charge in [-0.3, -0.25) is 4.79 Å². The number of hydrogen-bond acceptors (Lipinski definition) is 2. The molecule has 0 aromatic carbocycles. The number of fused-ring (bicyclic) bond motifs is 1. The van der Waals surface area contributed by atoms with Crippen molar-refractivity contribution in [3.8, 4) is 0 Å². The maximum atomic E-state index is 11.5. The highest BCUT2D eigenvalue weighted by molar-refractivity contribution is 5.91. The van der Waals surface area contributed by atoms with Crippen LogP contribution in [0.3, 0.4) is 0 Å². The van der Waals surface area contributed by atoms with Crippen LogP contribution in [0, 0.1) is 5.92 Å². The van der Waals surface area contributed by atoms with E-state index in [1.165, 1.54) is 0 Å². The van der Waals surface area contributed by atoms with Crippen molar-refractivity contribution >= 4 is 5.91 Å². The van der Waals surface area contributed by atoms with E-state index in [-0.39, 0.29) is 11.9 Å². The highest BCUT2D eigenvalue weighted by Crippen LogP contribution is 2.35. The first-order valence-electron chi connectivity index (χ1n) is 4.71. The summed E-state index contributed by atoms with van der Waals surface area (Å²) in [5, 5.41) is 0. The van der Waals surface area contributed by atoms with Gasteiger partial charge in [-0.1, -0.05) is 13.8 Å². The molecule has 2 aliphatic rings. The Balaban J connectivity index is 2.28. The average Bonchev–Trinajstić information content (AvgIpc) is 2.50. The van der Waals surface area contributed by atoms with E-state index in [0.29, 0.717) is 12.5 Å². The van der Waals surface area contributed by atoms with Crippen molar-refractivity contribution in [1.82, 2.24) is 4.90 Å². The van der Waals surface area contributed by atoms with Gasteiger partial charge >= 0.3 is 0 Å². The van der Waals surface area contributed by atoms with Crippen LogP contribution in [0.1, 0.15) is 20.8 Å². The van der Waals surface area contributed by atoms with Crippen molar-refractivity contribution in [1.29, 1.82) is 0 Å². The van der Waals surface area contributed by atoms with Gasteiger partial charge in [-0.25, -0.2) is 0 Å². The van der Waals surface area contributed by atoms with E-state index >= 15 is 0 Å². The van der Waals surface area contributed by atoms with Crippen LogP contribution in [-0.4, -0.2) is 29.2 Å².